The van der Waals surface area contributed by atoms with E-state index in [1.807, 2.05) is 6.92 Å². The molecule has 1 aromatic rings. The van der Waals surface area contributed by atoms with E-state index < -0.39 is 10.1 Å². The van der Waals surface area contributed by atoms with E-state index in [4.69, 9.17) is 11.0 Å². The van der Waals surface area contributed by atoms with E-state index in [-0.39, 0.29) is 11.3 Å². The average molecular weight is 289 g/mol. The zero-order valence-corrected chi connectivity index (χ0v) is 10.4. The summed E-state index contributed by atoms with van der Waals surface area (Å²) in [4.78, 5) is -0.141. The second-order valence-electron chi connectivity index (χ2n) is 3.03. The summed E-state index contributed by atoms with van der Waals surface area (Å²) >= 11 is 3.25. The first kappa shape index (κ1) is 12.2. The molecule has 15 heavy (non-hydrogen) atoms. The van der Waals surface area contributed by atoms with Gasteiger partial charge in [0.1, 0.15) is 0 Å². The number of benzene rings is 1. The fourth-order valence-electron chi connectivity index (χ4n) is 1.23. The molecule has 1 N–H and O–H groups in total. The van der Waals surface area contributed by atoms with E-state index in [9.17, 15) is 8.42 Å². The SMILES string of the molecule is C#CCc1c(S(=O)(=O)O)ccc(C)c1Br. The molecule has 0 heterocycles. The maximum absolute atomic E-state index is 11.1. The largest absolute Gasteiger partial charge is 0.294 e. The number of hydrogen-bond donors (Lipinski definition) is 1. The smallest absolute Gasteiger partial charge is 0.282 e. The Labute approximate surface area is 97.4 Å². The van der Waals surface area contributed by atoms with Gasteiger partial charge in [0, 0.05) is 10.9 Å². The molecule has 0 atom stereocenters. The van der Waals surface area contributed by atoms with E-state index in [0.29, 0.717) is 10.0 Å². The number of rotatable bonds is 2. The molecular formula is C10H9BrO3S. The number of hydrogen-bond acceptors (Lipinski definition) is 2. The van der Waals surface area contributed by atoms with Crippen LogP contribution in [0.5, 0.6) is 0 Å². The van der Waals surface area contributed by atoms with Crippen LogP contribution in [0.25, 0.3) is 0 Å². The minimum atomic E-state index is -4.22. The Hall–Kier alpha value is -0.830. The lowest BCUT2D eigenvalue weighted by Crippen LogP contribution is -2.04. The molecule has 0 amide bonds. The molecule has 0 radical (unpaired) electrons. The lowest BCUT2D eigenvalue weighted by molar-refractivity contribution is 0.482. The van der Waals surface area contributed by atoms with Gasteiger partial charge >= 0.3 is 0 Å². The van der Waals surface area contributed by atoms with Crippen molar-refractivity contribution in [3.8, 4) is 12.3 Å². The van der Waals surface area contributed by atoms with Gasteiger partial charge in [-0.25, -0.2) is 0 Å². The number of aryl methyl sites for hydroxylation is 1. The first-order valence-electron chi connectivity index (χ1n) is 4.07. The Bertz CT molecular complexity index is 526. The summed E-state index contributed by atoms with van der Waals surface area (Å²) in [6.45, 7) is 1.82. The maximum atomic E-state index is 11.1. The van der Waals surface area contributed by atoms with Gasteiger partial charge in [0.05, 0.1) is 4.90 Å². The Balaban J connectivity index is 3.56. The third-order valence-corrected chi connectivity index (χ3v) is 3.99. The standard InChI is InChI=1S/C10H9BrO3S/c1-3-4-8-9(15(12,13)14)6-5-7(2)10(8)11/h1,5-6H,4H2,2H3,(H,12,13,14). The van der Waals surface area contributed by atoms with Crippen LogP contribution in [0.1, 0.15) is 11.1 Å². The highest BCUT2D eigenvalue weighted by molar-refractivity contribution is 9.10. The zero-order chi connectivity index (χ0) is 11.6. The summed E-state index contributed by atoms with van der Waals surface area (Å²) in [5.41, 5.74) is 1.28. The molecule has 0 aromatic heterocycles. The van der Waals surface area contributed by atoms with Crippen molar-refractivity contribution in [2.75, 3.05) is 0 Å². The molecule has 1 aromatic carbocycles. The molecule has 0 fully saturated rings. The second kappa shape index (κ2) is 4.35. The van der Waals surface area contributed by atoms with E-state index >= 15 is 0 Å². The summed E-state index contributed by atoms with van der Waals surface area (Å²) in [5, 5.41) is 0. The minimum absolute atomic E-state index is 0.141. The third kappa shape index (κ3) is 2.59. The van der Waals surface area contributed by atoms with Gasteiger partial charge in [0.15, 0.2) is 0 Å². The highest BCUT2D eigenvalue weighted by Crippen LogP contribution is 2.27. The van der Waals surface area contributed by atoms with Crippen molar-refractivity contribution in [3.05, 3.63) is 27.7 Å². The van der Waals surface area contributed by atoms with E-state index in [1.165, 1.54) is 6.07 Å². The summed E-state index contributed by atoms with van der Waals surface area (Å²) in [6, 6.07) is 2.95. The van der Waals surface area contributed by atoms with Crippen LogP contribution in [0.4, 0.5) is 0 Å². The topological polar surface area (TPSA) is 54.4 Å². The van der Waals surface area contributed by atoms with E-state index in [1.54, 1.807) is 6.07 Å². The van der Waals surface area contributed by atoms with Gasteiger partial charge in [-0.15, -0.1) is 12.3 Å². The quantitative estimate of drug-likeness (QED) is 0.670. The molecule has 0 saturated heterocycles. The summed E-state index contributed by atoms with van der Waals surface area (Å²) in [5.74, 6) is 2.36. The molecule has 0 aliphatic carbocycles. The van der Waals surface area contributed by atoms with Gasteiger partial charge in [-0.2, -0.15) is 8.42 Å². The average Bonchev–Trinajstić information content (AvgIpc) is 2.11. The molecular weight excluding hydrogens is 280 g/mol. The Kier molecular flexibility index (Phi) is 3.55. The minimum Gasteiger partial charge on any atom is -0.282 e. The second-order valence-corrected chi connectivity index (χ2v) is 5.21. The molecule has 80 valence electrons. The van der Waals surface area contributed by atoms with Crippen LogP contribution >= 0.6 is 15.9 Å². The molecule has 0 unspecified atom stereocenters. The van der Waals surface area contributed by atoms with Crippen LogP contribution in [0, 0.1) is 19.3 Å². The van der Waals surface area contributed by atoms with E-state index in [2.05, 4.69) is 21.9 Å². The molecule has 1 rings (SSSR count). The van der Waals surface area contributed by atoms with Crippen molar-refractivity contribution in [2.24, 2.45) is 0 Å². The van der Waals surface area contributed by atoms with Crippen LogP contribution in [-0.4, -0.2) is 13.0 Å². The normalized spacial score (nSPS) is 11.1. The van der Waals surface area contributed by atoms with Crippen molar-refractivity contribution in [3.63, 3.8) is 0 Å². The van der Waals surface area contributed by atoms with Gasteiger partial charge in [0.25, 0.3) is 10.1 Å². The Morgan fingerprint density at radius 1 is 1.53 bits per heavy atom. The van der Waals surface area contributed by atoms with Crippen molar-refractivity contribution in [2.45, 2.75) is 18.2 Å². The molecule has 3 nitrogen and oxygen atoms in total. The summed E-state index contributed by atoms with van der Waals surface area (Å²) in [6.07, 6.45) is 5.29. The summed E-state index contributed by atoms with van der Waals surface area (Å²) in [7, 11) is -4.22. The van der Waals surface area contributed by atoms with Crippen molar-refractivity contribution in [1.82, 2.24) is 0 Å². The van der Waals surface area contributed by atoms with Gasteiger partial charge in [-0.1, -0.05) is 22.0 Å². The number of halogens is 1. The van der Waals surface area contributed by atoms with Gasteiger partial charge in [-0.05, 0) is 24.1 Å². The van der Waals surface area contributed by atoms with Crippen molar-refractivity contribution >= 4 is 26.0 Å². The molecule has 0 aliphatic heterocycles. The van der Waals surface area contributed by atoms with E-state index in [0.717, 1.165) is 5.56 Å². The van der Waals surface area contributed by atoms with Gasteiger partial charge in [-0.3, -0.25) is 4.55 Å². The highest BCUT2D eigenvalue weighted by atomic mass is 79.9. The molecule has 0 aliphatic rings. The lowest BCUT2D eigenvalue weighted by atomic mass is 10.1. The zero-order valence-electron chi connectivity index (χ0n) is 7.99. The Morgan fingerprint density at radius 3 is 2.60 bits per heavy atom. The first-order chi connectivity index (χ1) is 6.88. The third-order valence-electron chi connectivity index (χ3n) is 1.95. The van der Waals surface area contributed by atoms with Crippen LogP contribution < -0.4 is 0 Å². The number of terminal acetylenes is 1. The maximum Gasteiger partial charge on any atom is 0.294 e. The fourth-order valence-corrected chi connectivity index (χ4v) is 2.57. The fraction of sp³-hybridized carbons (Fsp3) is 0.200. The Morgan fingerprint density at radius 2 is 2.13 bits per heavy atom. The lowest BCUT2D eigenvalue weighted by Gasteiger charge is -2.09. The van der Waals surface area contributed by atoms with Crippen LogP contribution in [0.3, 0.4) is 0 Å². The molecule has 0 saturated carbocycles. The predicted octanol–water partition coefficient (Wildman–Crippen LogP) is 2.18. The molecule has 5 heteroatoms. The van der Waals surface area contributed by atoms with Gasteiger partial charge in [0.2, 0.25) is 0 Å². The van der Waals surface area contributed by atoms with Gasteiger partial charge < -0.3 is 0 Å². The molecule has 0 spiro atoms. The van der Waals surface area contributed by atoms with Crippen molar-refractivity contribution < 1.29 is 13.0 Å². The van der Waals surface area contributed by atoms with Crippen LogP contribution in [-0.2, 0) is 16.5 Å². The van der Waals surface area contributed by atoms with Crippen LogP contribution in [0.15, 0.2) is 21.5 Å². The molecule has 0 bridgehead atoms. The van der Waals surface area contributed by atoms with Crippen LogP contribution in [0.2, 0.25) is 0 Å². The highest BCUT2D eigenvalue weighted by Gasteiger charge is 2.17. The monoisotopic (exact) mass is 288 g/mol. The van der Waals surface area contributed by atoms with Crippen molar-refractivity contribution in [1.29, 1.82) is 0 Å². The first-order valence-corrected chi connectivity index (χ1v) is 6.30. The predicted molar refractivity (Wildman–Crippen MR) is 61.2 cm³/mol. The summed E-state index contributed by atoms with van der Waals surface area (Å²) < 4.78 is 31.7.